The van der Waals surface area contributed by atoms with Crippen molar-refractivity contribution in [2.75, 3.05) is 0 Å². The molecule has 7 aromatic carbocycles. The molecule has 0 fully saturated rings. The summed E-state index contributed by atoms with van der Waals surface area (Å²) in [6.45, 7) is 0. The fraction of sp³-hybridized carbons (Fsp3) is 0. The molecular weight excluding hydrogens is 647 g/mol. The first kappa shape index (κ1) is 30.6. The van der Waals surface area contributed by atoms with Gasteiger partial charge in [0.15, 0.2) is 5.82 Å². The number of benzene rings is 7. The zero-order valence-electron chi connectivity index (χ0n) is 28.6. The van der Waals surface area contributed by atoms with Crippen molar-refractivity contribution >= 4 is 32.6 Å². The SMILES string of the molecule is c1ccc(-c2cc(-c3ccc(-c4cccc(-n5c(-c6ccccc6)nc6c7ccccc7c7ccccc7c65)c4)cc3)nc(-c3ccncc3)n2)cc1. The van der Waals surface area contributed by atoms with Crippen LogP contribution in [0.5, 0.6) is 0 Å². The summed E-state index contributed by atoms with van der Waals surface area (Å²) in [6.07, 6.45) is 3.55. The third-order valence-corrected chi connectivity index (χ3v) is 9.92. The standard InChI is InChI=1S/C48H31N5/c1-3-12-33(13-4-1)43-31-44(51-47(50-43)35-26-28-49-29-27-35)34-24-22-32(23-25-34)37-16-11-17-38(30-37)53-46-42-21-10-8-19-40(42)39-18-7-9-20-41(39)45(46)52-48(53)36-14-5-2-6-15-36/h1-31H. The van der Waals surface area contributed by atoms with Crippen molar-refractivity contribution in [3.05, 3.63) is 188 Å². The third kappa shape index (κ3) is 5.43. The maximum absolute atomic E-state index is 5.39. The first-order valence-corrected chi connectivity index (χ1v) is 17.7. The molecule has 0 amide bonds. The number of imidazole rings is 1. The highest BCUT2D eigenvalue weighted by Crippen LogP contribution is 2.40. The van der Waals surface area contributed by atoms with E-state index >= 15 is 0 Å². The lowest BCUT2D eigenvalue weighted by Crippen LogP contribution is -1.98. The summed E-state index contributed by atoms with van der Waals surface area (Å²) in [5, 5.41) is 4.75. The molecule has 53 heavy (non-hydrogen) atoms. The van der Waals surface area contributed by atoms with Crippen LogP contribution in [0.25, 0.3) is 94.7 Å². The molecule has 5 nitrogen and oxygen atoms in total. The molecule has 0 saturated heterocycles. The zero-order chi connectivity index (χ0) is 35.1. The Morgan fingerprint density at radius 3 is 1.60 bits per heavy atom. The van der Waals surface area contributed by atoms with Gasteiger partial charge in [-0.25, -0.2) is 15.0 Å². The van der Waals surface area contributed by atoms with Crippen LogP contribution in [0, 0.1) is 0 Å². The van der Waals surface area contributed by atoms with Crippen molar-refractivity contribution in [2.45, 2.75) is 0 Å². The highest BCUT2D eigenvalue weighted by molar-refractivity contribution is 6.24. The molecular formula is C48H31N5. The number of rotatable bonds is 6. The van der Waals surface area contributed by atoms with E-state index in [4.69, 9.17) is 15.0 Å². The summed E-state index contributed by atoms with van der Waals surface area (Å²) in [5.74, 6) is 1.58. The summed E-state index contributed by atoms with van der Waals surface area (Å²) < 4.78 is 2.34. The van der Waals surface area contributed by atoms with Crippen LogP contribution in [0.3, 0.4) is 0 Å². The van der Waals surface area contributed by atoms with Crippen molar-refractivity contribution in [3.63, 3.8) is 0 Å². The smallest absolute Gasteiger partial charge is 0.160 e. The minimum Gasteiger partial charge on any atom is -0.292 e. The fourth-order valence-corrected chi connectivity index (χ4v) is 7.38. The molecule has 0 aliphatic rings. The molecule has 0 atom stereocenters. The second kappa shape index (κ2) is 12.8. The summed E-state index contributed by atoms with van der Waals surface area (Å²) in [6, 6.07) is 61.4. The molecule has 0 spiro atoms. The van der Waals surface area contributed by atoms with Gasteiger partial charge >= 0.3 is 0 Å². The summed E-state index contributed by atoms with van der Waals surface area (Å²) >= 11 is 0. The van der Waals surface area contributed by atoms with E-state index < -0.39 is 0 Å². The molecule has 0 aliphatic heterocycles. The van der Waals surface area contributed by atoms with Gasteiger partial charge in [-0.1, -0.05) is 146 Å². The second-order valence-corrected chi connectivity index (χ2v) is 13.1. The summed E-state index contributed by atoms with van der Waals surface area (Å²) in [4.78, 5) is 19.5. The quantitative estimate of drug-likeness (QED) is 0.164. The Bertz CT molecular complexity index is 2860. The molecule has 248 valence electrons. The Kier molecular flexibility index (Phi) is 7.40. The van der Waals surface area contributed by atoms with E-state index in [0.29, 0.717) is 5.82 Å². The van der Waals surface area contributed by atoms with Gasteiger partial charge in [-0.3, -0.25) is 9.55 Å². The maximum atomic E-state index is 5.39. The number of pyridine rings is 1. The van der Waals surface area contributed by atoms with Gasteiger partial charge in [0.1, 0.15) is 5.82 Å². The predicted molar refractivity (Wildman–Crippen MR) is 217 cm³/mol. The Morgan fingerprint density at radius 2 is 0.906 bits per heavy atom. The normalized spacial score (nSPS) is 11.4. The van der Waals surface area contributed by atoms with Gasteiger partial charge in [-0.2, -0.15) is 0 Å². The molecule has 10 rings (SSSR count). The molecule has 0 aliphatic carbocycles. The first-order valence-electron chi connectivity index (χ1n) is 17.7. The van der Waals surface area contributed by atoms with Crippen molar-refractivity contribution in [3.8, 4) is 62.1 Å². The minimum absolute atomic E-state index is 0.669. The van der Waals surface area contributed by atoms with Gasteiger partial charge in [0.05, 0.1) is 22.4 Å². The number of hydrogen-bond donors (Lipinski definition) is 0. The summed E-state index contributed by atoms with van der Waals surface area (Å²) in [7, 11) is 0. The lowest BCUT2D eigenvalue weighted by molar-refractivity contribution is 1.11. The van der Waals surface area contributed by atoms with Gasteiger partial charge < -0.3 is 0 Å². The number of nitrogens with zero attached hydrogens (tertiary/aromatic N) is 5. The van der Waals surface area contributed by atoms with Gasteiger partial charge in [0.25, 0.3) is 0 Å². The molecule has 0 N–H and O–H groups in total. The van der Waals surface area contributed by atoms with Crippen LogP contribution in [0.1, 0.15) is 0 Å². The van der Waals surface area contributed by atoms with Gasteiger partial charge in [-0.15, -0.1) is 0 Å². The van der Waals surface area contributed by atoms with E-state index in [1.54, 1.807) is 12.4 Å². The van der Waals surface area contributed by atoms with Crippen LogP contribution >= 0.6 is 0 Å². The molecule has 5 heteroatoms. The molecule has 0 bridgehead atoms. The van der Waals surface area contributed by atoms with E-state index in [2.05, 4.69) is 155 Å². The van der Waals surface area contributed by atoms with Crippen LogP contribution < -0.4 is 0 Å². The van der Waals surface area contributed by atoms with Crippen LogP contribution in [0.4, 0.5) is 0 Å². The van der Waals surface area contributed by atoms with Crippen LogP contribution in [-0.2, 0) is 0 Å². The molecule has 0 radical (unpaired) electrons. The Labute approximate surface area is 306 Å². The number of aromatic nitrogens is 5. The zero-order valence-corrected chi connectivity index (χ0v) is 28.6. The average molecular weight is 678 g/mol. The van der Waals surface area contributed by atoms with Crippen LogP contribution in [0.15, 0.2) is 188 Å². The molecule has 0 saturated carbocycles. The van der Waals surface area contributed by atoms with E-state index in [1.807, 2.05) is 30.3 Å². The molecule has 10 aromatic rings. The van der Waals surface area contributed by atoms with Crippen molar-refractivity contribution in [1.29, 1.82) is 0 Å². The Balaban J connectivity index is 1.11. The largest absolute Gasteiger partial charge is 0.292 e. The number of hydrogen-bond acceptors (Lipinski definition) is 4. The minimum atomic E-state index is 0.669. The topological polar surface area (TPSA) is 56.5 Å². The van der Waals surface area contributed by atoms with Crippen molar-refractivity contribution in [1.82, 2.24) is 24.5 Å². The molecule has 3 aromatic heterocycles. The molecule has 3 heterocycles. The monoisotopic (exact) mass is 677 g/mol. The lowest BCUT2D eigenvalue weighted by atomic mass is 9.99. The molecule has 0 unspecified atom stereocenters. The fourth-order valence-electron chi connectivity index (χ4n) is 7.38. The first-order chi connectivity index (χ1) is 26.3. The van der Waals surface area contributed by atoms with E-state index in [9.17, 15) is 0 Å². The van der Waals surface area contributed by atoms with Crippen molar-refractivity contribution in [2.24, 2.45) is 0 Å². The second-order valence-electron chi connectivity index (χ2n) is 13.1. The lowest BCUT2D eigenvalue weighted by Gasteiger charge is -2.14. The maximum Gasteiger partial charge on any atom is 0.160 e. The van der Waals surface area contributed by atoms with Crippen LogP contribution in [0.2, 0.25) is 0 Å². The van der Waals surface area contributed by atoms with E-state index in [1.165, 1.54) is 16.2 Å². The predicted octanol–water partition coefficient (Wildman–Crippen LogP) is 11.9. The van der Waals surface area contributed by atoms with Gasteiger partial charge in [-0.05, 0) is 52.2 Å². The van der Waals surface area contributed by atoms with Gasteiger partial charge in [0, 0.05) is 51.1 Å². The number of fused-ring (bicyclic) bond motifs is 6. The van der Waals surface area contributed by atoms with Crippen LogP contribution in [-0.4, -0.2) is 24.5 Å². The van der Waals surface area contributed by atoms with E-state index in [-0.39, 0.29) is 0 Å². The highest BCUT2D eigenvalue weighted by Gasteiger charge is 2.20. The van der Waals surface area contributed by atoms with E-state index in [0.717, 1.165) is 72.7 Å². The average Bonchev–Trinajstić information content (AvgIpc) is 3.66. The van der Waals surface area contributed by atoms with Crippen molar-refractivity contribution < 1.29 is 0 Å². The van der Waals surface area contributed by atoms with Gasteiger partial charge in [0.2, 0.25) is 0 Å². The Morgan fingerprint density at radius 1 is 0.358 bits per heavy atom. The summed E-state index contributed by atoms with van der Waals surface area (Å²) in [5.41, 5.74) is 11.2. The third-order valence-electron chi connectivity index (χ3n) is 9.92. The Hall–Kier alpha value is -7.24. The highest BCUT2D eigenvalue weighted by atomic mass is 15.1.